The Hall–Kier alpha value is -1.45. The molecular formula is C20H25F3O. The minimum Gasteiger partial charge on any atom is -0.406 e. The van der Waals surface area contributed by atoms with Crippen LogP contribution in [0.1, 0.15) is 56.9 Å². The Morgan fingerprint density at radius 2 is 1.54 bits per heavy atom. The summed E-state index contributed by atoms with van der Waals surface area (Å²) in [6.45, 7) is 2.27. The predicted molar refractivity (Wildman–Crippen MR) is 88.9 cm³/mol. The molecule has 0 bridgehead atoms. The molecule has 0 amide bonds. The topological polar surface area (TPSA) is 9.23 Å². The van der Waals surface area contributed by atoms with Crippen molar-refractivity contribution in [1.29, 1.82) is 0 Å². The lowest BCUT2D eigenvalue weighted by molar-refractivity contribution is -0.274. The Morgan fingerprint density at radius 1 is 0.875 bits per heavy atom. The van der Waals surface area contributed by atoms with Gasteiger partial charge in [-0.1, -0.05) is 31.2 Å². The maximum absolute atomic E-state index is 12.2. The lowest BCUT2D eigenvalue weighted by Crippen LogP contribution is -2.22. The first kappa shape index (κ1) is 17.4. The van der Waals surface area contributed by atoms with Crippen molar-refractivity contribution < 1.29 is 17.9 Å². The number of halogens is 3. The quantitative estimate of drug-likeness (QED) is 0.575. The summed E-state index contributed by atoms with van der Waals surface area (Å²) in [7, 11) is 0. The molecule has 0 aromatic heterocycles. The summed E-state index contributed by atoms with van der Waals surface area (Å²) in [4.78, 5) is 0. The van der Waals surface area contributed by atoms with Crippen LogP contribution >= 0.6 is 0 Å². The van der Waals surface area contributed by atoms with Gasteiger partial charge in [0.05, 0.1) is 0 Å². The summed E-state index contributed by atoms with van der Waals surface area (Å²) in [5.74, 6) is 2.55. The normalized spacial score (nSPS) is 31.0. The zero-order valence-corrected chi connectivity index (χ0v) is 14.1. The summed E-state index contributed by atoms with van der Waals surface area (Å²) in [5, 5.41) is 0. The van der Waals surface area contributed by atoms with E-state index >= 15 is 0 Å². The molecule has 0 N–H and O–H groups in total. The molecular weight excluding hydrogens is 313 g/mol. The van der Waals surface area contributed by atoms with Gasteiger partial charge in [-0.2, -0.15) is 0 Å². The molecule has 4 heteroatoms. The van der Waals surface area contributed by atoms with Gasteiger partial charge in [0.25, 0.3) is 0 Å². The second-order valence-electron chi connectivity index (χ2n) is 7.33. The van der Waals surface area contributed by atoms with Crippen LogP contribution in [0.5, 0.6) is 5.75 Å². The standard InChI is InChI=1S/C20H25F3O/c1-14-2-4-15(5-3-14)16-6-8-17(9-7-16)18-10-12-19(13-11-18)24-20(21,22)23/h2,4,10-17H,3,5-9H2,1H3. The van der Waals surface area contributed by atoms with E-state index < -0.39 is 6.36 Å². The molecule has 0 heterocycles. The Morgan fingerprint density at radius 3 is 2.08 bits per heavy atom. The van der Waals surface area contributed by atoms with Crippen molar-refractivity contribution >= 4 is 0 Å². The van der Waals surface area contributed by atoms with Crippen LogP contribution < -0.4 is 4.74 Å². The zero-order valence-electron chi connectivity index (χ0n) is 14.1. The van der Waals surface area contributed by atoms with Crippen LogP contribution in [-0.4, -0.2) is 6.36 Å². The fraction of sp³-hybridized carbons (Fsp3) is 0.600. The highest BCUT2D eigenvalue weighted by molar-refractivity contribution is 5.30. The first-order chi connectivity index (χ1) is 11.4. The van der Waals surface area contributed by atoms with Gasteiger partial charge >= 0.3 is 6.36 Å². The molecule has 2 atom stereocenters. The molecule has 3 rings (SSSR count). The first-order valence-corrected chi connectivity index (χ1v) is 8.95. The van der Waals surface area contributed by atoms with Gasteiger partial charge in [-0.3, -0.25) is 0 Å². The number of rotatable bonds is 3. The second-order valence-corrected chi connectivity index (χ2v) is 7.33. The minimum absolute atomic E-state index is 0.138. The van der Waals surface area contributed by atoms with E-state index in [0.717, 1.165) is 36.2 Å². The molecule has 1 saturated carbocycles. The Balaban J connectivity index is 1.54. The lowest BCUT2D eigenvalue weighted by atomic mass is 9.71. The van der Waals surface area contributed by atoms with E-state index in [1.165, 1.54) is 37.8 Å². The maximum Gasteiger partial charge on any atom is 0.573 e. The van der Waals surface area contributed by atoms with Crippen LogP contribution in [0.15, 0.2) is 36.4 Å². The maximum atomic E-state index is 12.2. The number of alkyl halides is 3. The van der Waals surface area contributed by atoms with Gasteiger partial charge < -0.3 is 4.74 Å². The van der Waals surface area contributed by atoms with E-state index in [-0.39, 0.29) is 5.75 Å². The second kappa shape index (κ2) is 7.20. The predicted octanol–water partition coefficient (Wildman–Crippen LogP) is 6.46. The third kappa shape index (κ3) is 4.55. The number of benzene rings is 1. The molecule has 0 radical (unpaired) electrons. The minimum atomic E-state index is -4.62. The van der Waals surface area contributed by atoms with E-state index in [1.54, 1.807) is 12.1 Å². The summed E-state index contributed by atoms with van der Waals surface area (Å²) < 4.78 is 40.6. The lowest BCUT2D eigenvalue weighted by Gasteiger charge is -2.34. The van der Waals surface area contributed by atoms with E-state index in [0.29, 0.717) is 5.92 Å². The monoisotopic (exact) mass is 338 g/mol. The highest BCUT2D eigenvalue weighted by Gasteiger charge is 2.31. The molecule has 1 nitrogen and oxygen atoms in total. The van der Waals surface area contributed by atoms with Crippen LogP contribution in [0.2, 0.25) is 0 Å². The van der Waals surface area contributed by atoms with E-state index in [2.05, 4.69) is 23.8 Å². The third-order valence-corrected chi connectivity index (χ3v) is 5.60. The molecule has 0 aliphatic heterocycles. The molecule has 24 heavy (non-hydrogen) atoms. The van der Waals surface area contributed by atoms with Gasteiger partial charge in [0, 0.05) is 0 Å². The number of allylic oxidation sites excluding steroid dienone is 2. The number of hydrogen-bond acceptors (Lipinski definition) is 1. The van der Waals surface area contributed by atoms with Crippen LogP contribution in [0.3, 0.4) is 0 Å². The highest BCUT2D eigenvalue weighted by atomic mass is 19.4. The molecule has 1 aromatic rings. The first-order valence-electron chi connectivity index (χ1n) is 8.95. The highest BCUT2D eigenvalue weighted by Crippen LogP contribution is 2.42. The molecule has 132 valence electrons. The van der Waals surface area contributed by atoms with Crippen molar-refractivity contribution in [2.45, 2.75) is 57.7 Å². The molecule has 1 aromatic carbocycles. The zero-order chi connectivity index (χ0) is 17.2. The van der Waals surface area contributed by atoms with Gasteiger partial charge in [-0.15, -0.1) is 13.2 Å². The van der Waals surface area contributed by atoms with Gasteiger partial charge in [0.1, 0.15) is 5.75 Å². The van der Waals surface area contributed by atoms with Crippen molar-refractivity contribution in [3.05, 3.63) is 42.0 Å². The molecule has 0 spiro atoms. The summed E-state index contributed by atoms with van der Waals surface area (Å²) in [5.41, 5.74) is 1.13. The van der Waals surface area contributed by atoms with Gasteiger partial charge in [-0.25, -0.2) is 0 Å². The molecule has 1 fully saturated rings. The third-order valence-electron chi connectivity index (χ3n) is 5.60. The van der Waals surface area contributed by atoms with E-state index in [9.17, 15) is 13.2 Å². The van der Waals surface area contributed by atoms with Crippen LogP contribution in [-0.2, 0) is 0 Å². The molecule has 0 saturated heterocycles. The molecule has 2 aliphatic rings. The smallest absolute Gasteiger partial charge is 0.406 e. The summed E-state index contributed by atoms with van der Waals surface area (Å²) in [6.07, 6.45) is 7.45. The number of hydrogen-bond donors (Lipinski definition) is 0. The van der Waals surface area contributed by atoms with Crippen LogP contribution in [0.4, 0.5) is 13.2 Å². The van der Waals surface area contributed by atoms with Crippen molar-refractivity contribution in [1.82, 2.24) is 0 Å². The fourth-order valence-electron chi connectivity index (χ4n) is 4.20. The van der Waals surface area contributed by atoms with Gasteiger partial charge in [0.2, 0.25) is 0 Å². The van der Waals surface area contributed by atoms with E-state index in [4.69, 9.17) is 0 Å². The van der Waals surface area contributed by atoms with Gasteiger partial charge in [0.15, 0.2) is 0 Å². The van der Waals surface area contributed by atoms with Crippen LogP contribution in [0.25, 0.3) is 0 Å². The SMILES string of the molecule is CC1C=CC(C2CCC(c3ccc(OC(F)(F)F)cc3)CC2)CC1. The molecule has 2 aliphatic carbocycles. The largest absolute Gasteiger partial charge is 0.573 e. The Labute approximate surface area is 141 Å². The summed E-state index contributed by atoms with van der Waals surface area (Å²) >= 11 is 0. The van der Waals surface area contributed by atoms with Crippen molar-refractivity contribution in [3.63, 3.8) is 0 Å². The Kier molecular flexibility index (Phi) is 5.21. The fourth-order valence-corrected chi connectivity index (χ4v) is 4.20. The van der Waals surface area contributed by atoms with Crippen molar-refractivity contribution in [3.8, 4) is 5.75 Å². The molecule has 2 unspecified atom stereocenters. The van der Waals surface area contributed by atoms with Crippen LogP contribution in [0, 0.1) is 17.8 Å². The van der Waals surface area contributed by atoms with E-state index in [1.807, 2.05) is 0 Å². The Bertz CT molecular complexity index is 553. The average molecular weight is 338 g/mol. The summed E-state index contributed by atoms with van der Waals surface area (Å²) in [6, 6.07) is 6.43. The van der Waals surface area contributed by atoms with Crippen molar-refractivity contribution in [2.75, 3.05) is 0 Å². The van der Waals surface area contributed by atoms with Gasteiger partial charge in [-0.05, 0) is 79.9 Å². The van der Waals surface area contributed by atoms with Crippen molar-refractivity contribution in [2.24, 2.45) is 17.8 Å². The number of ether oxygens (including phenoxy) is 1. The average Bonchev–Trinajstić information content (AvgIpc) is 2.55.